The summed E-state index contributed by atoms with van der Waals surface area (Å²) in [6, 6.07) is 5.58. The smallest absolute Gasteiger partial charge is 0.231 e. The number of fused-ring (bicyclic) bond motifs is 2. The van der Waals surface area contributed by atoms with Gasteiger partial charge in [0.2, 0.25) is 11.9 Å². The van der Waals surface area contributed by atoms with Crippen LogP contribution in [0.5, 0.6) is 11.5 Å². The quantitative estimate of drug-likeness (QED) is 0.930. The van der Waals surface area contributed by atoms with E-state index in [1.165, 1.54) is 0 Å². The zero-order valence-electron chi connectivity index (χ0n) is 12.7. The second-order valence-electron chi connectivity index (χ2n) is 5.75. The molecule has 1 N–H and O–H groups in total. The number of hydrogen-bond donors (Lipinski definition) is 1. The molecule has 0 bridgehead atoms. The Morgan fingerprint density at radius 1 is 1.17 bits per heavy atom. The van der Waals surface area contributed by atoms with Gasteiger partial charge in [0, 0.05) is 13.0 Å². The van der Waals surface area contributed by atoms with Crippen LogP contribution < -0.4 is 14.8 Å². The van der Waals surface area contributed by atoms with E-state index in [2.05, 4.69) is 15.5 Å². The van der Waals surface area contributed by atoms with Gasteiger partial charge in [-0.1, -0.05) is 6.07 Å². The highest BCUT2D eigenvalue weighted by molar-refractivity contribution is 5.90. The van der Waals surface area contributed by atoms with Crippen molar-refractivity contribution in [2.75, 3.05) is 18.5 Å². The summed E-state index contributed by atoms with van der Waals surface area (Å²) in [5.74, 6) is 2.81. The van der Waals surface area contributed by atoms with Gasteiger partial charge >= 0.3 is 0 Å². The Morgan fingerprint density at radius 2 is 2.04 bits per heavy atom. The molecular weight excluding hydrogens is 296 g/mol. The van der Waals surface area contributed by atoms with Crippen molar-refractivity contribution in [3.05, 3.63) is 29.6 Å². The number of nitrogens with zero attached hydrogens (tertiary/aromatic N) is 3. The summed E-state index contributed by atoms with van der Waals surface area (Å²) < 4.78 is 13.0. The minimum atomic E-state index is -0.109. The van der Waals surface area contributed by atoms with Gasteiger partial charge in [-0.05, 0) is 30.5 Å². The Labute approximate surface area is 133 Å². The Kier molecular flexibility index (Phi) is 3.61. The fourth-order valence-corrected chi connectivity index (χ4v) is 2.95. The third-order valence-corrected chi connectivity index (χ3v) is 4.08. The lowest BCUT2D eigenvalue weighted by molar-refractivity contribution is -0.115. The number of aromatic nitrogens is 3. The van der Waals surface area contributed by atoms with Crippen LogP contribution in [-0.4, -0.2) is 33.9 Å². The first kappa shape index (κ1) is 14.0. The van der Waals surface area contributed by atoms with E-state index in [4.69, 9.17) is 9.47 Å². The van der Waals surface area contributed by atoms with Gasteiger partial charge in [-0.25, -0.2) is 0 Å². The number of carbonyl (C=O) groups excluding carboxylic acids is 1. The summed E-state index contributed by atoms with van der Waals surface area (Å²) in [6.07, 6.45) is 3.41. The van der Waals surface area contributed by atoms with E-state index in [-0.39, 0.29) is 12.3 Å². The Balaban J connectivity index is 1.45. The summed E-state index contributed by atoms with van der Waals surface area (Å²) in [4.78, 5) is 12.3. The highest BCUT2D eigenvalue weighted by atomic mass is 16.6. The van der Waals surface area contributed by atoms with Gasteiger partial charge < -0.3 is 9.47 Å². The Bertz CT molecular complexity index is 741. The molecule has 3 heterocycles. The zero-order chi connectivity index (χ0) is 15.6. The molecular formula is C16H18N4O3. The molecule has 1 aromatic carbocycles. The van der Waals surface area contributed by atoms with Crippen molar-refractivity contribution >= 4 is 11.9 Å². The highest BCUT2D eigenvalue weighted by Gasteiger charge is 2.18. The molecule has 0 atom stereocenters. The number of ether oxygens (including phenoxy) is 2. The van der Waals surface area contributed by atoms with Crippen LogP contribution in [0, 0.1) is 0 Å². The molecule has 7 nitrogen and oxygen atoms in total. The second-order valence-corrected chi connectivity index (χ2v) is 5.75. The molecule has 0 saturated carbocycles. The number of hydrogen-bond acceptors (Lipinski definition) is 5. The number of aryl methyl sites for hydroxylation is 1. The van der Waals surface area contributed by atoms with Crippen molar-refractivity contribution < 1.29 is 14.3 Å². The Morgan fingerprint density at radius 3 is 2.96 bits per heavy atom. The number of carbonyl (C=O) groups is 1. The molecule has 0 spiro atoms. The van der Waals surface area contributed by atoms with Crippen LogP contribution in [-0.2, 0) is 24.2 Å². The zero-order valence-corrected chi connectivity index (χ0v) is 12.7. The van der Waals surface area contributed by atoms with Crippen LogP contribution in [0.4, 0.5) is 5.95 Å². The average Bonchev–Trinajstić information content (AvgIpc) is 2.98. The van der Waals surface area contributed by atoms with Crippen LogP contribution in [0.2, 0.25) is 0 Å². The normalized spacial score (nSPS) is 15.8. The van der Waals surface area contributed by atoms with Crippen molar-refractivity contribution in [2.24, 2.45) is 0 Å². The Hall–Kier alpha value is -2.57. The van der Waals surface area contributed by atoms with Crippen molar-refractivity contribution in [2.45, 2.75) is 32.2 Å². The number of benzene rings is 1. The van der Waals surface area contributed by atoms with E-state index in [0.717, 1.165) is 42.9 Å². The number of nitrogens with one attached hydrogen (secondary N) is 1. The first-order valence-corrected chi connectivity index (χ1v) is 7.90. The van der Waals surface area contributed by atoms with Crippen molar-refractivity contribution in [1.29, 1.82) is 0 Å². The van der Waals surface area contributed by atoms with Crippen LogP contribution in [0.25, 0.3) is 0 Å². The van der Waals surface area contributed by atoms with Crippen molar-refractivity contribution in [1.82, 2.24) is 14.8 Å². The predicted molar refractivity (Wildman–Crippen MR) is 82.7 cm³/mol. The predicted octanol–water partition coefficient (Wildman–Crippen LogP) is 1.57. The molecule has 7 heteroatoms. The van der Waals surface area contributed by atoms with Crippen LogP contribution in [0.3, 0.4) is 0 Å². The van der Waals surface area contributed by atoms with E-state index in [1.54, 1.807) is 0 Å². The van der Waals surface area contributed by atoms with E-state index in [9.17, 15) is 4.79 Å². The lowest BCUT2D eigenvalue weighted by Gasteiger charge is -2.18. The molecule has 4 rings (SSSR count). The monoisotopic (exact) mass is 314 g/mol. The first-order valence-electron chi connectivity index (χ1n) is 7.90. The fraction of sp³-hybridized carbons (Fsp3) is 0.438. The third kappa shape index (κ3) is 2.86. The summed E-state index contributed by atoms with van der Waals surface area (Å²) >= 11 is 0. The van der Waals surface area contributed by atoms with Gasteiger partial charge in [-0.2, -0.15) is 0 Å². The van der Waals surface area contributed by atoms with E-state index in [1.807, 2.05) is 22.8 Å². The van der Waals surface area contributed by atoms with Crippen LogP contribution in [0.1, 0.15) is 24.2 Å². The molecule has 0 saturated heterocycles. The molecule has 0 aliphatic carbocycles. The number of anilines is 1. The van der Waals surface area contributed by atoms with Gasteiger partial charge in [0.15, 0.2) is 11.5 Å². The van der Waals surface area contributed by atoms with Crippen LogP contribution >= 0.6 is 0 Å². The summed E-state index contributed by atoms with van der Waals surface area (Å²) in [5.41, 5.74) is 0.880. The molecule has 1 aromatic heterocycles. The highest BCUT2D eigenvalue weighted by Crippen LogP contribution is 2.30. The maximum Gasteiger partial charge on any atom is 0.231 e. The third-order valence-electron chi connectivity index (χ3n) is 4.08. The number of amides is 1. The number of rotatable bonds is 3. The minimum absolute atomic E-state index is 0.109. The SMILES string of the molecule is O=C(Cc1ccc2c(c1)OCCO2)Nc1nnc2n1CCCC2. The van der Waals surface area contributed by atoms with Crippen molar-refractivity contribution in [3.8, 4) is 11.5 Å². The van der Waals surface area contributed by atoms with E-state index in [0.29, 0.717) is 24.9 Å². The van der Waals surface area contributed by atoms with Gasteiger partial charge in [0.1, 0.15) is 19.0 Å². The van der Waals surface area contributed by atoms with E-state index < -0.39 is 0 Å². The molecule has 2 aliphatic rings. The molecule has 1 amide bonds. The molecule has 2 aromatic rings. The fourth-order valence-electron chi connectivity index (χ4n) is 2.95. The second kappa shape index (κ2) is 5.91. The minimum Gasteiger partial charge on any atom is -0.486 e. The van der Waals surface area contributed by atoms with Crippen LogP contribution in [0.15, 0.2) is 18.2 Å². The molecule has 2 aliphatic heterocycles. The average molecular weight is 314 g/mol. The summed E-state index contributed by atoms with van der Waals surface area (Å²) in [5, 5.41) is 11.1. The maximum absolute atomic E-state index is 12.3. The maximum atomic E-state index is 12.3. The van der Waals surface area contributed by atoms with Gasteiger partial charge in [0.05, 0.1) is 6.42 Å². The van der Waals surface area contributed by atoms with Crippen molar-refractivity contribution in [3.63, 3.8) is 0 Å². The van der Waals surface area contributed by atoms with Gasteiger partial charge in [-0.3, -0.25) is 14.7 Å². The standard InChI is InChI=1S/C16H18N4O3/c21-15(17-16-19-18-14-3-1-2-6-20(14)16)10-11-4-5-12-13(9-11)23-8-7-22-12/h4-5,9H,1-3,6-8,10H2,(H,17,19,21). The lowest BCUT2D eigenvalue weighted by atomic mass is 10.1. The largest absolute Gasteiger partial charge is 0.486 e. The molecule has 0 unspecified atom stereocenters. The molecule has 120 valence electrons. The van der Waals surface area contributed by atoms with Gasteiger partial charge in [0.25, 0.3) is 0 Å². The molecule has 0 fully saturated rings. The molecule has 23 heavy (non-hydrogen) atoms. The van der Waals surface area contributed by atoms with E-state index >= 15 is 0 Å². The molecule has 0 radical (unpaired) electrons. The lowest BCUT2D eigenvalue weighted by Crippen LogP contribution is -2.20. The topological polar surface area (TPSA) is 78.3 Å². The first-order chi connectivity index (χ1) is 11.3. The summed E-state index contributed by atoms with van der Waals surface area (Å²) in [7, 11) is 0. The van der Waals surface area contributed by atoms with Gasteiger partial charge in [-0.15, -0.1) is 10.2 Å². The summed E-state index contributed by atoms with van der Waals surface area (Å²) in [6.45, 7) is 1.96.